The summed E-state index contributed by atoms with van der Waals surface area (Å²) in [6, 6.07) is 9.95. The van der Waals surface area contributed by atoms with E-state index in [0.29, 0.717) is 17.2 Å². The predicted molar refractivity (Wildman–Crippen MR) is 90.1 cm³/mol. The van der Waals surface area contributed by atoms with Gasteiger partial charge in [0, 0.05) is 6.92 Å². The quantitative estimate of drug-likeness (QED) is 0.493. The fourth-order valence-electron chi connectivity index (χ4n) is 1.93. The van der Waals surface area contributed by atoms with Gasteiger partial charge in [0.1, 0.15) is 21.0 Å². The van der Waals surface area contributed by atoms with Crippen LogP contribution >= 0.6 is 34.4 Å². The highest BCUT2D eigenvalue weighted by Gasteiger charge is 2.21. The summed E-state index contributed by atoms with van der Waals surface area (Å²) in [7, 11) is 0. The molecule has 0 saturated carbocycles. The Morgan fingerprint density at radius 2 is 2.05 bits per heavy atom. The van der Waals surface area contributed by atoms with Gasteiger partial charge in [0.2, 0.25) is 0 Å². The second-order valence-corrected chi connectivity index (χ2v) is 7.46. The van der Waals surface area contributed by atoms with Gasteiger partial charge in [-0.15, -0.1) is 22.7 Å². The fraction of sp³-hybridized carbons (Fsp3) is 0.200. The molecule has 2 heterocycles. The van der Waals surface area contributed by atoms with Gasteiger partial charge in [-0.2, -0.15) is 0 Å². The molecule has 2 aromatic heterocycles. The zero-order valence-corrected chi connectivity index (χ0v) is 14.0. The van der Waals surface area contributed by atoms with Crippen molar-refractivity contribution in [1.82, 2.24) is 4.98 Å². The Bertz CT molecular complexity index is 777. The summed E-state index contributed by atoms with van der Waals surface area (Å²) in [6.45, 7) is 2.03. The molecule has 0 spiro atoms. The van der Waals surface area contributed by atoms with Crippen LogP contribution in [0.2, 0.25) is 0 Å². The lowest BCUT2D eigenvalue weighted by molar-refractivity contribution is 0.101. The number of hydrogen-bond donors (Lipinski definition) is 0. The van der Waals surface area contributed by atoms with Crippen LogP contribution in [0.15, 0.2) is 34.7 Å². The van der Waals surface area contributed by atoms with E-state index in [4.69, 9.17) is 4.74 Å². The smallest absolute Gasteiger partial charge is 0.173 e. The molecular formula is C15H13NO2S3. The lowest BCUT2D eigenvalue weighted by atomic mass is 10.2. The van der Waals surface area contributed by atoms with E-state index in [1.165, 1.54) is 11.3 Å². The molecule has 3 rings (SSSR count). The topological polar surface area (TPSA) is 39.2 Å². The van der Waals surface area contributed by atoms with Gasteiger partial charge in [-0.1, -0.05) is 42.1 Å². The molecule has 0 aliphatic carbocycles. The second-order valence-electron chi connectivity index (χ2n) is 4.41. The first kappa shape index (κ1) is 14.6. The van der Waals surface area contributed by atoms with E-state index >= 15 is 0 Å². The molecule has 108 valence electrons. The van der Waals surface area contributed by atoms with E-state index < -0.39 is 0 Å². The number of thioether (sulfide) groups is 1. The van der Waals surface area contributed by atoms with Gasteiger partial charge in [-0.05, 0) is 11.8 Å². The van der Waals surface area contributed by atoms with Gasteiger partial charge >= 0.3 is 0 Å². The van der Waals surface area contributed by atoms with Gasteiger partial charge in [0.05, 0.1) is 0 Å². The van der Waals surface area contributed by atoms with Crippen LogP contribution in [0.3, 0.4) is 0 Å². The lowest BCUT2D eigenvalue weighted by Crippen LogP contribution is -1.98. The van der Waals surface area contributed by atoms with Crippen LogP contribution in [0.4, 0.5) is 0 Å². The molecule has 1 aromatic carbocycles. The van der Waals surface area contributed by atoms with Gasteiger partial charge in [0.15, 0.2) is 15.9 Å². The number of fused-ring (bicyclic) bond motifs is 1. The molecule has 6 heteroatoms. The molecule has 0 aliphatic heterocycles. The van der Waals surface area contributed by atoms with Crippen molar-refractivity contribution in [2.75, 3.05) is 6.26 Å². The minimum absolute atomic E-state index is 0.0268. The van der Waals surface area contributed by atoms with Crippen molar-refractivity contribution in [2.24, 2.45) is 0 Å². The first-order valence-corrected chi connectivity index (χ1v) is 9.19. The zero-order valence-electron chi connectivity index (χ0n) is 11.6. The van der Waals surface area contributed by atoms with E-state index in [0.717, 1.165) is 19.4 Å². The number of benzene rings is 1. The van der Waals surface area contributed by atoms with Crippen LogP contribution < -0.4 is 4.74 Å². The number of Topliss-reactive ketones (excluding diaryl/α,β-unsaturated/α-hetero) is 1. The first-order chi connectivity index (χ1) is 10.2. The standard InChI is InChI=1S/C15H13NO2S3/c1-9(17)12-11(18-8-10-6-4-3-5-7-10)13-14(20-12)16-15(19-2)21-13/h3-7H,8H2,1-2H3. The third kappa shape index (κ3) is 2.97. The number of rotatable bonds is 5. The van der Waals surface area contributed by atoms with Gasteiger partial charge in [-0.25, -0.2) is 4.98 Å². The second kappa shape index (κ2) is 6.17. The van der Waals surface area contributed by atoms with Gasteiger partial charge in [0.25, 0.3) is 0 Å². The van der Waals surface area contributed by atoms with Crippen LogP contribution in [0.1, 0.15) is 22.2 Å². The van der Waals surface area contributed by atoms with Crippen molar-refractivity contribution in [3.05, 3.63) is 40.8 Å². The number of ketones is 1. The number of carbonyl (C=O) groups excluding carboxylic acids is 1. The molecule has 3 aromatic rings. The number of carbonyl (C=O) groups is 1. The maximum Gasteiger partial charge on any atom is 0.173 e. The number of thiophene rings is 1. The molecule has 3 nitrogen and oxygen atoms in total. The fourth-order valence-corrected chi connectivity index (χ4v) is 4.73. The Balaban J connectivity index is 1.96. The van der Waals surface area contributed by atoms with Crippen molar-refractivity contribution in [3.63, 3.8) is 0 Å². The Morgan fingerprint density at radius 1 is 1.29 bits per heavy atom. The third-order valence-electron chi connectivity index (χ3n) is 2.91. The number of thiazole rings is 1. The Kier molecular flexibility index (Phi) is 4.28. The van der Waals surface area contributed by atoms with Crippen LogP contribution in [0.5, 0.6) is 5.75 Å². The van der Waals surface area contributed by atoms with Crippen LogP contribution in [-0.4, -0.2) is 17.0 Å². The lowest BCUT2D eigenvalue weighted by Gasteiger charge is -2.06. The van der Waals surface area contributed by atoms with E-state index in [-0.39, 0.29) is 5.78 Å². The number of hydrogen-bond acceptors (Lipinski definition) is 6. The largest absolute Gasteiger partial charge is 0.486 e. The van der Waals surface area contributed by atoms with Crippen LogP contribution in [0, 0.1) is 0 Å². The van der Waals surface area contributed by atoms with Gasteiger partial charge in [-0.3, -0.25) is 4.79 Å². The minimum Gasteiger partial charge on any atom is -0.486 e. The summed E-state index contributed by atoms with van der Waals surface area (Å²) in [5.41, 5.74) is 1.08. The van der Waals surface area contributed by atoms with E-state index in [1.54, 1.807) is 30.0 Å². The molecule has 0 atom stereocenters. The maximum atomic E-state index is 11.8. The highest BCUT2D eigenvalue weighted by Crippen LogP contribution is 2.43. The third-order valence-corrected chi connectivity index (χ3v) is 6.24. The summed E-state index contributed by atoms with van der Waals surface area (Å²) in [5, 5.41) is 0. The van der Waals surface area contributed by atoms with Crippen molar-refractivity contribution in [1.29, 1.82) is 0 Å². The highest BCUT2D eigenvalue weighted by atomic mass is 32.2. The summed E-state index contributed by atoms with van der Waals surface area (Å²) in [6.07, 6.45) is 2.00. The summed E-state index contributed by atoms with van der Waals surface area (Å²) >= 11 is 4.61. The number of ether oxygens (including phenoxy) is 1. The SMILES string of the molecule is CSc1nc2sc(C(C)=O)c(OCc3ccccc3)c2s1. The molecule has 0 radical (unpaired) electrons. The van der Waals surface area contributed by atoms with Crippen molar-refractivity contribution < 1.29 is 9.53 Å². The van der Waals surface area contributed by atoms with Gasteiger partial charge < -0.3 is 4.74 Å². The van der Waals surface area contributed by atoms with Crippen molar-refractivity contribution in [3.8, 4) is 5.75 Å². The minimum atomic E-state index is 0.0268. The molecule has 0 N–H and O–H groups in total. The summed E-state index contributed by atoms with van der Waals surface area (Å²) < 4.78 is 7.92. The Labute approximate surface area is 135 Å². The maximum absolute atomic E-state index is 11.8. The normalized spacial score (nSPS) is 11.0. The molecule has 0 bridgehead atoms. The zero-order chi connectivity index (χ0) is 14.8. The molecule has 0 aliphatic rings. The first-order valence-electron chi connectivity index (χ1n) is 6.34. The summed E-state index contributed by atoms with van der Waals surface area (Å²) in [5.74, 6) is 0.711. The van der Waals surface area contributed by atoms with Crippen molar-refractivity contribution in [2.45, 2.75) is 17.9 Å². The predicted octanol–water partition coefficient (Wildman–Crippen LogP) is 4.86. The molecule has 0 saturated heterocycles. The average molecular weight is 335 g/mol. The van der Waals surface area contributed by atoms with E-state index in [1.807, 2.05) is 36.6 Å². The van der Waals surface area contributed by atoms with Crippen molar-refractivity contribution >= 4 is 49.7 Å². The average Bonchev–Trinajstić information content (AvgIpc) is 3.03. The molecule has 0 unspecified atom stereocenters. The summed E-state index contributed by atoms with van der Waals surface area (Å²) in [4.78, 5) is 17.9. The Morgan fingerprint density at radius 3 is 2.71 bits per heavy atom. The molecule has 0 amide bonds. The van der Waals surface area contributed by atoms with Crippen LogP contribution in [0.25, 0.3) is 9.53 Å². The van der Waals surface area contributed by atoms with E-state index in [2.05, 4.69) is 4.98 Å². The monoisotopic (exact) mass is 335 g/mol. The molecular weight excluding hydrogens is 322 g/mol. The highest BCUT2D eigenvalue weighted by molar-refractivity contribution is 8.00. The van der Waals surface area contributed by atoms with Crippen LogP contribution in [-0.2, 0) is 6.61 Å². The number of nitrogens with zero attached hydrogens (tertiary/aromatic N) is 1. The Hall–Kier alpha value is -1.37. The van der Waals surface area contributed by atoms with E-state index in [9.17, 15) is 4.79 Å². The molecule has 21 heavy (non-hydrogen) atoms. The number of aromatic nitrogens is 1. The molecule has 0 fully saturated rings.